The Bertz CT molecular complexity index is 2110. The largest absolute Gasteiger partial charge is 0.292 e. The van der Waals surface area contributed by atoms with Crippen molar-refractivity contribution >= 4 is 5.71 Å². The number of rotatable bonds is 5. The van der Waals surface area contributed by atoms with E-state index in [-0.39, 0.29) is 5.41 Å². The van der Waals surface area contributed by atoms with Crippen molar-refractivity contribution in [3.05, 3.63) is 156 Å². The van der Waals surface area contributed by atoms with Gasteiger partial charge in [0, 0.05) is 30.2 Å². The molecule has 0 bridgehead atoms. The molecule has 0 saturated heterocycles. The van der Waals surface area contributed by atoms with Crippen LogP contribution in [-0.2, 0) is 11.8 Å². The molecule has 0 heterocycles. The van der Waals surface area contributed by atoms with E-state index in [0.29, 0.717) is 0 Å². The van der Waals surface area contributed by atoms with Crippen LogP contribution in [0.2, 0.25) is 0 Å². The molecule has 1 nitrogen and oxygen atoms in total. The van der Waals surface area contributed by atoms with Crippen molar-refractivity contribution in [1.82, 2.24) is 0 Å². The van der Waals surface area contributed by atoms with E-state index in [1.807, 2.05) is 7.05 Å². The number of benzene rings is 6. The molecular weight excluding hydrogens is 542 g/mol. The summed E-state index contributed by atoms with van der Waals surface area (Å²) in [6.07, 6.45) is 3.02. The molecule has 0 unspecified atom stereocenters. The average Bonchev–Trinajstić information content (AvgIpc) is 3.40. The molecule has 0 spiro atoms. The van der Waals surface area contributed by atoms with E-state index in [9.17, 15) is 0 Å². The highest BCUT2D eigenvalue weighted by Crippen LogP contribution is 2.54. The molecule has 0 fully saturated rings. The molecule has 6 aromatic rings. The van der Waals surface area contributed by atoms with Crippen LogP contribution in [0.4, 0.5) is 0 Å². The molecule has 8 rings (SSSR count). The van der Waals surface area contributed by atoms with Crippen molar-refractivity contribution in [2.75, 3.05) is 7.05 Å². The van der Waals surface area contributed by atoms with Crippen molar-refractivity contribution in [3.8, 4) is 55.6 Å². The maximum atomic E-state index is 4.66. The van der Waals surface area contributed by atoms with Crippen LogP contribution in [0.25, 0.3) is 55.6 Å². The first kappa shape index (κ1) is 27.5. The van der Waals surface area contributed by atoms with Gasteiger partial charge in [0.15, 0.2) is 0 Å². The topological polar surface area (TPSA) is 12.4 Å². The summed E-state index contributed by atoms with van der Waals surface area (Å²) >= 11 is 0. The van der Waals surface area contributed by atoms with Gasteiger partial charge in [0.2, 0.25) is 0 Å². The zero-order chi connectivity index (χ0) is 30.5. The van der Waals surface area contributed by atoms with Gasteiger partial charge in [-0.05, 0) is 103 Å². The van der Waals surface area contributed by atoms with Crippen LogP contribution in [0.15, 0.2) is 138 Å². The summed E-state index contributed by atoms with van der Waals surface area (Å²) < 4.78 is 0. The highest BCUT2D eigenvalue weighted by Gasteiger charge is 2.40. The highest BCUT2D eigenvalue weighted by atomic mass is 14.7. The van der Waals surface area contributed by atoms with E-state index in [1.165, 1.54) is 83.6 Å². The summed E-state index contributed by atoms with van der Waals surface area (Å²) in [5.74, 6) is 0. The second kappa shape index (κ2) is 10.9. The lowest BCUT2D eigenvalue weighted by atomic mass is 9.73. The van der Waals surface area contributed by atoms with Crippen LogP contribution < -0.4 is 0 Å². The summed E-state index contributed by atoms with van der Waals surface area (Å²) in [6, 6.07) is 49.7. The number of hydrogen-bond acceptors (Lipinski definition) is 1. The van der Waals surface area contributed by atoms with Gasteiger partial charge in [-0.2, -0.15) is 0 Å². The molecule has 0 N–H and O–H groups in total. The van der Waals surface area contributed by atoms with Gasteiger partial charge < -0.3 is 0 Å². The Labute approximate surface area is 267 Å². The molecule has 0 amide bonds. The molecule has 0 saturated carbocycles. The van der Waals surface area contributed by atoms with Crippen LogP contribution in [-0.4, -0.2) is 12.8 Å². The number of nitrogens with zero attached hydrogens (tertiary/aromatic N) is 1. The smallest absolute Gasteiger partial charge is 0.0467 e. The highest BCUT2D eigenvalue weighted by molar-refractivity contribution is 6.10. The van der Waals surface area contributed by atoms with Crippen LogP contribution in [0.1, 0.15) is 48.9 Å². The van der Waals surface area contributed by atoms with Crippen molar-refractivity contribution in [2.24, 2.45) is 4.99 Å². The molecule has 0 radical (unpaired) electrons. The second-order valence-electron chi connectivity index (χ2n) is 12.5. The third-order valence-corrected chi connectivity index (χ3v) is 10.5. The molecule has 1 heteroatoms. The first-order chi connectivity index (χ1) is 22.1. The molecule has 218 valence electrons. The Balaban J connectivity index is 1.21. The van der Waals surface area contributed by atoms with Gasteiger partial charge in [0.05, 0.1) is 0 Å². The molecule has 0 atom stereocenters. The lowest BCUT2D eigenvalue weighted by Crippen LogP contribution is -2.23. The third kappa shape index (κ3) is 4.33. The lowest BCUT2D eigenvalue weighted by Gasteiger charge is -2.30. The molecule has 6 aromatic carbocycles. The minimum Gasteiger partial charge on any atom is -0.292 e. The Kier molecular flexibility index (Phi) is 6.64. The number of fused-ring (bicyclic) bond motifs is 6. The molecule has 0 aromatic heterocycles. The lowest BCUT2D eigenvalue weighted by molar-refractivity contribution is 0.490. The van der Waals surface area contributed by atoms with Gasteiger partial charge in [-0.3, -0.25) is 4.99 Å². The fraction of sp³-hybridized carbons (Fsp3) is 0.159. The summed E-state index contributed by atoms with van der Waals surface area (Å²) in [5.41, 5.74) is 19.7. The standard InChI is InChI=1S/C44H37N/c1-4-44(5-2)41-23-20-33(32-18-21-36-35(25-32)28-43(45-3)39-17-10-9-16-37(36)39)26-40(41)38-22-19-34(27-42(38)44)31-15-11-14-30(24-31)29-12-7-6-8-13-29/h6-27H,4-5,28H2,1-3H3. The third-order valence-electron chi connectivity index (χ3n) is 10.5. The van der Waals surface area contributed by atoms with E-state index >= 15 is 0 Å². The quantitative estimate of drug-likeness (QED) is 0.193. The predicted molar refractivity (Wildman–Crippen MR) is 191 cm³/mol. The maximum absolute atomic E-state index is 4.66. The monoisotopic (exact) mass is 579 g/mol. The van der Waals surface area contributed by atoms with Crippen LogP contribution in [0.5, 0.6) is 0 Å². The molecule has 2 aliphatic carbocycles. The van der Waals surface area contributed by atoms with Gasteiger partial charge in [0.1, 0.15) is 0 Å². The van der Waals surface area contributed by atoms with E-state index < -0.39 is 0 Å². The zero-order valence-corrected chi connectivity index (χ0v) is 26.3. The van der Waals surface area contributed by atoms with Crippen LogP contribution in [0, 0.1) is 0 Å². The first-order valence-corrected chi connectivity index (χ1v) is 16.3. The van der Waals surface area contributed by atoms with Gasteiger partial charge >= 0.3 is 0 Å². The Hall–Kier alpha value is -5.01. The number of hydrogen-bond donors (Lipinski definition) is 0. The fourth-order valence-corrected chi connectivity index (χ4v) is 8.01. The van der Waals surface area contributed by atoms with Gasteiger partial charge in [-0.1, -0.05) is 129 Å². The van der Waals surface area contributed by atoms with E-state index in [4.69, 9.17) is 0 Å². The molecule has 45 heavy (non-hydrogen) atoms. The van der Waals surface area contributed by atoms with Crippen LogP contribution >= 0.6 is 0 Å². The summed E-state index contributed by atoms with van der Waals surface area (Å²) in [6.45, 7) is 4.71. The van der Waals surface area contributed by atoms with Crippen LogP contribution in [0.3, 0.4) is 0 Å². The molecule has 2 aliphatic rings. The van der Waals surface area contributed by atoms with Gasteiger partial charge in [-0.15, -0.1) is 0 Å². The Morgan fingerprint density at radius 3 is 1.82 bits per heavy atom. The van der Waals surface area contributed by atoms with Crippen molar-refractivity contribution < 1.29 is 0 Å². The Morgan fingerprint density at radius 2 is 1.07 bits per heavy atom. The SMILES string of the molecule is CCC1(CC)c2ccc(-c3ccc4c(c3)CC(=NC)c3ccccc3-4)cc2-c2ccc(-c3cccc(-c4ccccc4)c3)cc21. The number of aliphatic imine (C=N–C) groups is 1. The summed E-state index contributed by atoms with van der Waals surface area (Å²) in [5, 5.41) is 0. The van der Waals surface area contributed by atoms with E-state index in [1.54, 1.807) is 0 Å². The second-order valence-corrected chi connectivity index (χ2v) is 12.5. The molecular formula is C44H37N. The zero-order valence-electron chi connectivity index (χ0n) is 26.3. The van der Waals surface area contributed by atoms with E-state index in [0.717, 1.165) is 19.3 Å². The Morgan fingerprint density at radius 1 is 0.467 bits per heavy atom. The minimum absolute atomic E-state index is 0.0162. The first-order valence-electron chi connectivity index (χ1n) is 16.3. The summed E-state index contributed by atoms with van der Waals surface area (Å²) in [4.78, 5) is 4.66. The summed E-state index contributed by atoms with van der Waals surface area (Å²) in [7, 11) is 1.91. The molecule has 0 aliphatic heterocycles. The average molecular weight is 580 g/mol. The van der Waals surface area contributed by atoms with Crippen molar-refractivity contribution in [3.63, 3.8) is 0 Å². The normalized spacial score (nSPS) is 14.9. The van der Waals surface area contributed by atoms with Crippen molar-refractivity contribution in [1.29, 1.82) is 0 Å². The van der Waals surface area contributed by atoms with E-state index in [2.05, 4.69) is 152 Å². The van der Waals surface area contributed by atoms with Gasteiger partial charge in [0.25, 0.3) is 0 Å². The maximum Gasteiger partial charge on any atom is 0.0467 e. The van der Waals surface area contributed by atoms with Gasteiger partial charge in [-0.25, -0.2) is 0 Å². The predicted octanol–water partition coefficient (Wildman–Crippen LogP) is 11.4. The fourth-order valence-electron chi connectivity index (χ4n) is 8.01. The minimum atomic E-state index is 0.0162. The van der Waals surface area contributed by atoms with Crippen molar-refractivity contribution in [2.45, 2.75) is 38.5 Å².